The Balaban J connectivity index is 1.97. The van der Waals surface area contributed by atoms with Crippen molar-refractivity contribution in [2.75, 3.05) is 6.61 Å². The molecule has 0 bridgehead atoms. The summed E-state index contributed by atoms with van der Waals surface area (Å²) in [6.45, 7) is 2.88. The van der Waals surface area contributed by atoms with Gasteiger partial charge in [-0.15, -0.1) is 0 Å². The summed E-state index contributed by atoms with van der Waals surface area (Å²) in [5.41, 5.74) is 0. The Bertz CT molecular complexity index is 506. The SMILES string of the molecule is CCCn1ccnc1C(=O)COc1ccccc1. The highest BCUT2D eigenvalue weighted by molar-refractivity contribution is 5.94. The zero-order chi connectivity index (χ0) is 12.8. The first-order chi connectivity index (χ1) is 8.81. The van der Waals surface area contributed by atoms with Crippen molar-refractivity contribution < 1.29 is 9.53 Å². The second-order valence-electron chi connectivity index (χ2n) is 3.97. The minimum Gasteiger partial charge on any atom is -0.485 e. The first-order valence-corrected chi connectivity index (χ1v) is 6.03. The molecule has 4 heteroatoms. The number of benzene rings is 1. The van der Waals surface area contributed by atoms with E-state index in [1.54, 1.807) is 6.20 Å². The molecule has 0 unspecified atom stereocenters. The second-order valence-corrected chi connectivity index (χ2v) is 3.97. The summed E-state index contributed by atoms with van der Waals surface area (Å²) in [7, 11) is 0. The highest BCUT2D eigenvalue weighted by atomic mass is 16.5. The minimum absolute atomic E-state index is 0.0186. The number of Topliss-reactive ketones (excluding diaryl/α,β-unsaturated/α-hetero) is 1. The Kier molecular flexibility index (Phi) is 4.12. The lowest BCUT2D eigenvalue weighted by molar-refractivity contribution is 0.0906. The molecule has 0 aliphatic carbocycles. The van der Waals surface area contributed by atoms with Gasteiger partial charge in [-0.2, -0.15) is 0 Å². The zero-order valence-corrected chi connectivity index (χ0v) is 10.4. The van der Waals surface area contributed by atoms with E-state index in [9.17, 15) is 4.79 Å². The van der Waals surface area contributed by atoms with E-state index in [0.29, 0.717) is 11.6 Å². The third kappa shape index (κ3) is 2.97. The van der Waals surface area contributed by atoms with Gasteiger partial charge in [-0.05, 0) is 18.6 Å². The lowest BCUT2D eigenvalue weighted by atomic mass is 10.3. The predicted molar refractivity (Wildman–Crippen MR) is 68.8 cm³/mol. The van der Waals surface area contributed by atoms with Crippen LogP contribution in [0.2, 0.25) is 0 Å². The van der Waals surface area contributed by atoms with Crippen molar-refractivity contribution in [3.8, 4) is 5.75 Å². The van der Waals surface area contributed by atoms with Crippen molar-refractivity contribution in [1.29, 1.82) is 0 Å². The molecular weight excluding hydrogens is 228 g/mol. The molecule has 2 rings (SSSR count). The molecule has 0 atom stereocenters. The third-order valence-electron chi connectivity index (χ3n) is 2.54. The van der Waals surface area contributed by atoms with Gasteiger partial charge < -0.3 is 9.30 Å². The van der Waals surface area contributed by atoms with Crippen LogP contribution in [-0.4, -0.2) is 21.9 Å². The number of nitrogens with zero attached hydrogens (tertiary/aromatic N) is 2. The highest BCUT2D eigenvalue weighted by Gasteiger charge is 2.12. The van der Waals surface area contributed by atoms with Gasteiger partial charge >= 0.3 is 0 Å². The van der Waals surface area contributed by atoms with E-state index in [-0.39, 0.29) is 12.4 Å². The molecule has 4 nitrogen and oxygen atoms in total. The maximum atomic E-state index is 12.0. The van der Waals surface area contributed by atoms with Gasteiger partial charge in [0.25, 0.3) is 0 Å². The normalized spacial score (nSPS) is 10.3. The number of aromatic nitrogens is 2. The van der Waals surface area contributed by atoms with Gasteiger partial charge in [-0.3, -0.25) is 4.79 Å². The zero-order valence-electron chi connectivity index (χ0n) is 10.4. The highest BCUT2D eigenvalue weighted by Crippen LogP contribution is 2.09. The number of para-hydroxylation sites is 1. The van der Waals surface area contributed by atoms with Crippen LogP contribution in [0.15, 0.2) is 42.7 Å². The fraction of sp³-hybridized carbons (Fsp3) is 0.286. The molecule has 0 N–H and O–H groups in total. The molecule has 0 fully saturated rings. The Morgan fingerprint density at radius 1 is 1.33 bits per heavy atom. The van der Waals surface area contributed by atoms with Crippen molar-refractivity contribution in [1.82, 2.24) is 9.55 Å². The van der Waals surface area contributed by atoms with E-state index in [2.05, 4.69) is 11.9 Å². The van der Waals surface area contributed by atoms with Gasteiger partial charge in [0.15, 0.2) is 12.4 Å². The Morgan fingerprint density at radius 3 is 2.83 bits per heavy atom. The number of hydrogen-bond acceptors (Lipinski definition) is 3. The fourth-order valence-corrected chi connectivity index (χ4v) is 1.71. The van der Waals surface area contributed by atoms with Crippen molar-refractivity contribution in [2.24, 2.45) is 0 Å². The Morgan fingerprint density at radius 2 is 2.11 bits per heavy atom. The number of hydrogen-bond donors (Lipinski definition) is 0. The fourth-order valence-electron chi connectivity index (χ4n) is 1.71. The summed E-state index contributed by atoms with van der Waals surface area (Å²) < 4.78 is 7.28. The first kappa shape index (κ1) is 12.4. The summed E-state index contributed by atoms with van der Waals surface area (Å²) in [5.74, 6) is 1.06. The minimum atomic E-state index is -0.0997. The number of ketones is 1. The first-order valence-electron chi connectivity index (χ1n) is 6.03. The molecule has 0 aliphatic heterocycles. The van der Waals surface area contributed by atoms with Crippen molar-refractivity contribution >= 4 is 5.78 Å². The smallest absolute Gasteiger partial charge is 0.235 e. The lowest BCUT2D eigenvalue weighted by Gasteiger charge is -2.07. The van der Waals surface area contributed by atoms with Gasteiger partial charge in [-0.1, -0.05) is 25.1 Å². The van der Waals surface area contributed by atoms with E-state index >= 15 is 0 Å². The van der Waals surface area contributed by atoms with Gasteiger partial charge in [0.1, 0.15) is 5.75 Å². The van der Waals surface area contributed by atoms with Crippen LogP contribution >= 0.6 is 0 Å². The van der Waals surface area contributed by atoms with Crippen LogP contribution in [0.4, 0.5) is 0 Å². The molecule has 0 saturated carbocycles. The second kappa shape index (κ2) is 6.00. The number of carbonyl (C=O) groups excluding carboxylic acids is 1. The number of carbonyl (C=O) groups is 1. The molecule has 18 heavy (non-hydrogen) atoms. The molecule has 0 amide bonds. The standard InChI is InChI=1S/C14H16N2O2/c1-2-9-16-10-8-15-14(16)13(17)11-18-12-6-4-3-5-7-12/h3-8,10H,2,9,11H2,1H3. The summed E-state index contributed by atoms with van der Waals surface area (Å²) >= 11 is 0. The Hall–Kier alpha value is -2.10. The summed E-state index contributed by atoms with van der Waals surface area (Å²) in [6, 6.07) is 9.30. The van der Waals surface area contributed by atoms with Crippen molar-refractivity contribution in [3.05, 3.63) is 48.5 Å². The number of ether oxygens (including phenoxy) is 1. The predicted octanol–water partition coefficient (Wildman–Crippen LogP) is 2.55. The lowest BCUT2D eigenvalue weighted by Crippen LogP contribution is -2.17. The van der Waals surface area contributed by atoms with Crippen molar-refractivity contribution in [3.63, 3.8) is 0 Å². The van der Waals surface area contributed by atoms with E-state index in [1.807, 2.05) is 41.1 Å². The van der Waals surface area contributed by atoms with E-state index in [0.717, 1.165) is 13.0 Å². The van der Waals surface area contributed by atoms with Crippen LogP contribution in [0.25, 0.3) is 0 Å². The molecule has 0 radical (unpaired) electrons. The molecule has 0 spiro atoms. The monoisotopic (exact) mass is 244 g/mol. The van der Waals surface area contributed by atoms with Gasteiger partial charge in [0.2, 0.25) is 5.78 Å². The van der Waals surface area contributed by atoms with E-state index in [4.69, 9.17) is 4.74 Å². The largest absolute Gasteiger partial charge is 0.485 e. The van der Waals surface area contributed by atoms with Crippen LogP contribution in [0.1, 0.15) is 24.0 Å². The van der Waals surface area contributed by atoms with Gasteiger partial charge in [0, 0.05) is 18.9 Å². The molecule has 0 saturated heterocycles. The Labute approximate surface area is 106 Å². The molecule has 0 aliphatic rings. The summed E-state index contributed by atoms with van der Waals surface area (Å²) in [6.07, 6.45) is 4.43. The number of rotatable bonds is 6. The van der Waals surface area contributed by atoms with Crippen LogP contribution in [-0.2, 0) is 6.54 Å². The van der Waals surface area contributed by atoms with Crippen LogP contribution in [0.5, 0.6) is 5.75 Å². The van der Waals surface area contributed by atoms with E-state index < -0.39 is 0 Å². The van der Waals surface area contributed by atoms with Crippen LogP contribution in [0, 0.1) is 0 Å². The number of aryl methyl sites for hydroxylation is 1. The quantitative estimate of drug-likeness (QED) is 0.733. The average molecular weight is 244 g/mol. The van der Waals surface area contributed by atoms with Gasteiger partial charge in [-0.25, -0.2) is 4.98 Å². The average Bonchev–Trinajstić information content (AvgIpc) is 2.86. The summed E-state index contributed by atoms with van der Waals surface area (Å²) in [5, 5.41) is 0. The molecule has 1 aromatic carbocycles. The third-order valence-corrected chi connectivity index (χ3v) is 2.54. The van der Waals surface area contributed by atoms with E-state index in [1.165, 1.54) is 0 Å². The summed E-state index contributed by atoms with van der Waals surface area (Å²) in [4.78, 5) is 16.0. The maximum Gasteiger partial charge on any atom is 0.235 e. The number of imidazole rings is 1. The maximum absolute atomic E-state index is 12.0. The van der Waals surface area contributed by atoms with Crippen molar-refractivity contribution in [2.45, 2.75) is 19.9 Å². The molecule has 94 valence electrons. The van der Waals surface area contributed by atoms with Crippen LogP contribution < -0.4 is 4.74 Å². The molecule has 1 heterocycles. The van der Waals surface area contributed by atoms with Crippen LogP contribution in [0.3, 0.4) is 0 Å². The molecule has 2 aromatic rings. The van der Waals surface area contributed by atoms with Gasteiger partial charge in [0.05, 0.1) is 0 Å². The molecule has 1 aromatic heterocycles. The molecular formula is C14H16N2O2. The topological polar surface area (TPSA) is 44.1 Å².